The van der Waals surface area contributed by atoms with Crippen molar-refractivity contribution in [1.29, 1.82) is 0 Å². The van der Waals surface area contributed by atoms with Crippen LogP contribution >= 0.6 is 0 Å². The van der Waals surface area contributed by atoms with Gasteiger partial charge in [0, 0.05) is 12.5 Å². The highest BCUT2D eigenvalue weighted by Crippen LogP contribution is 2.28. The third kappa shape index (κ3) is 1.67. The molecule has 1 aliphatic heterocycles. The summed E-state index contributed by atoms with van der Waals surface area (Å²) in [6.07, 6.45) is 1.13. The summed E-state index contributed by atoms with van der Waals surface area (Å²) < 4.78 is 5.33. The van der Waals surface area contributed by atoms with Crippen LogP contribution in [0.15, 0.2) is 4.42 Å². The van der Waals surface area contributed by atoms with Crippen molar-refractivity contribution < 1.29 is 9.52 Å². The summed E-state index contributed by atoms with van der Waals surface area (Å²) in [5.74, 6) is 1.77. The maximum absolute atomic E-state index is 8.90. The van der Waals surface area contributed by atoms with Gasteiger partial charge >= 0.3 is 0 Å². The first kappa shape index (κ1) is 9.68. The van der Waals surface area contributed by atoms with Crippen molar-refractivity contribution in [3.05, 3.63) is 17.3 Å². The summed E-state index contributed by atoms with van der Waals surface area (Å²) in [6, 6.07) is 0. The maximum atomic E-state index is 8.90. The SMILES string of the molecule is Cc1oc(CO)nc1C1CCN(C)C1. The fraction of sp³-hybridized carbons (Fsp3) is 0.700. The van der Waals surface area contributed by atoms with E-state index in [9.17, 15) is 0 Å². The van der Waals surface area contributed by atoms with Gasteiger partial charge in [-0.15, -0.1) is 0 Å². The van der Waals surface area contributed by atoms with Crippen LogP contribution in [0.25, 0.3) is 0 Å². The van der Waals surface area contributed by atoms with Crippen LogP contribution in [-0.4, -0.2) is 35.1 Å². The van der Waals surface area contributed by atoms with Crippen molar-refractivity contribution in [3.8, 4) is 0 Å². The second-order valence-corrected chi connectivity index (χ2v) is 3.95. The van der Waals surface area contributed by atoms with Crippen LogP contribution in [0.3, 0.4) is 0 Å². The van der Waals surface area contributed by atoms with Crippen LogP contribution in [-0.2, 0) is 6.61 Å². The lowest BCUT2D eigenvalue weighted by atomic mass is 10.0. The number of aryl methyl sites for hydroxylation is 1. The molecule has 0 spiro atoms. The minimum absolute atomic E-state index is 0.108. The van der Waals surface area contributed by atoms with Crippen molar-refractivity contribution in [2.45, 2.75) is 25.9 Å². The normalized spacial score (nSPS) is 23.2. The standard InChI is InChI=1S/C10H16N2O2/c1-7-10(11-9(6-13)14-7)8-3-4-12(2)5-8/h8,13H,3-6H2,1-2H3. The summed E-state index contributed by atoms with van der Waals surface area (Å²) >= 11 is 0. The van der Waals surface area contributed by atoms with E-state index in [4.69, 9.17) is 9.52 Å². The van der Waals surface area contributed by atoms with E-state index in [-0.39, 0.29) is 6.61 Å². The van der Waals surface area contributed by atoms with Gasteiger partial charge < -0.3 is 14.4 Å². The molecule has 1 aromatic heterocycles. The summed E-state index contributed by atoms with van der Waals surface area (Å²) in [7, 11) is 2.11. The summed E-state index contributed by atoms with van der Waals surface area (Å²) in [6.45, 7) is 3.97. The summed E-state index contributed by atoms with van der Waals surface area (Å²) in [4.78, 5) is 6.59. The Morgan fingerprint density at radius 3 is 2.93 bits per heavy atom. The molecule has 1 N–H and O–H groups in total. The van der Waals surface area contributed by atoms with E-state index in [1.54, 1.807) is 0 Å². The fourth-order valence-corrected chi connectivity index (χ4v) is 2.07. The largest absolute Gasteiger partial charge is 0.443 e. The quantitative estimate of drug-likeness (QED) is 0.763. The predicted octanol–water partition coefficient (Wildman–Crippen LogP) is 0.894. The Bertz CT molecular complexity index is 322. The highest BCUT2D eigenvalue weighted by Gasteiger charge is 2.25. The fourth-order valence-electron chi connectivity index (χ4n) is 2.07. The van der Waals surface area contributed by atoms with Crippen LogP contribution in [0.1, 0.15) is 29.7 Å². The lowest BCUT2D eigenvalue weighted by molar-refractivity contribution is 0.238. The number of nitrogens with zero attached hydrogens (tertiary/aromatic N) is 2. The van der Waals surface area contributed by atoms with Gasteiger partial charge in [-0.25, -0.2) is 4.98 Å². The van der Waals surface area contributed by atoms with E-state index in [0.717, 1.165) is 31.0 Å². The highest BCUT2D eigenvalue weighted by atomic mass is 16.4. The Balaban J connectivity index is 2.19. The molecule has 2 rings (SSSR count). The summed E-state index contributed by atoms with van der Waals surface area (Å²) in [5, 5.41) is 8.90. The Hall–Kier alpha value is -0.870. The van der Waals surface area contributed by atoms with E-state index < -0.39 is 0 Å². The van der Waals surface area contributed by atoms with Crippen molar-refractivity contribution >= 4 is 0 Å². The number of aliphatic hydroxyl groups is 1. The van der Waals surface area contributed by atoms with Crippen LogP contribution < -0.4 is 0 Å². The Labute approximate surface area is 83.5 Å². The van der Waals surface area contributed by atoms with Gasteiger partial charge in [-0.05, 0) is 26.9 Å². The van der Waals surface area contributed by atoms with Gasteiger partial charge in [-0.2, -0.15) is 0 Å². The van der Waals surface area contributed by atoms with Crippen molar-refractivity contribution in [3.63, 3.8) is 0 Å². The lowest BCUT2D eigenvalue weighted by Gasteiger charge is -2.07. The smallest absolute Gasteiger partial charge is 0.220 e. The third-order valence-corrected chi connectivity index (χ3v) is 2.79. The molecule has 4 heteroatoms. The van der Waals surface area contributed by atoms with Crippen LogP contribution in [0, 0.1) is 6.92 Å². The first-order valence-corrected chi connectivity index (χ1v) is 4.96. The molecule has 78 valence electrons. The Morgan fingerprint density at radius 2 is 2.43 bits per heavy atom. The van der Waals surface area contributed by atoms with Crippen molar-refractivity contribution in [2.24, 2.45) is 0 Å². The van der Waals surface area contributed by atoms with E-state index >= 15 is 0 Å². The molecule has 1 saturated heterocycles. The first-order chi connectivity index (χ1) is 6.70. The van der Waals surface area contributed by atoms with Crippen molar-refractivity contribution in [1.82, 2.24) is 9.88 Å². The number of aliphatic hydroxyl groups excluding tert-OH is 1. The molecule has 1 aliphatic rings. The molecule has 2 heterocycles. The summed E-state index contributed by atoms with van der Waals surface area (Å²) in [5.41, 5.74) is 1.03. The highest BCUT2D eigenvalue weighted by molar-refractivity contribution is 5.15. The first-order valence-electron chi connectivity index (χ1n) is 4.96. The van der Waals surface area contributed by atoms with E-state index in [2.05, 4.69) is 16.9 Å². The molecule has 0 aliphatic carbocycles. The zero-order chi connectivity index (χ0) is 10.1. The van der Waals surface area contributed by atoms with Gasteiger partial charge in [-0.3, -0.25) is 0 Å². The lowest BCUT2D eigenvalue weighted by Crippen LogP contribution is -2.13. The topological polar surface area (TPSA) is 49.5 Å². The molecular weight excluding hydrogens is 180 g/mol. The zero-order valence-corrected chi connectivity index (χ0v) is 8.66. The molecular formula is C10H16N2O2. The number of oxazole rings is 1. The molecule has 0 bridgehead atoms. The number of rotatable bonds is 2. The predicted molar refractivity (Wildman–Crippen MR) is 52.0 cm³/mol. The number of likely N-dealkylation sites (tertiary alicyclic amines) is 1. The van der Waals surface area contributed by atoms with Gasteiger partial charge in [0.05, 0.1) is 5.69 Å². The second kappa shape index (κ2) is 3.71. The average Bonchev–Trinajstić information content (AvgIpc) is 2.71. The van der Waals surface area contributed by atoms with Crippen molar-refractivity contribution in [2.75, 3.05) is 20.1 Å². The third-order valence-electron chi connectivity index (χ3n) is 2.79. The number of hydrogen-bond donors (Lipinski definition) is 1. The monoisotopic (exact) mass is 196 g/mol. The molecule has 1 fully saturated rings. The molecule has 0 saturated carbocycles. The molecule has 1 unspecified atom stereocenters. The molecule has 1 aromatic rings. The average molecular weight is 196 g/mol. The minimum Gasteiger partial charge on any atom is -0.443 e. The Morgan fingerprint density at radius 1 is 1.64 bits per heavy atom. The van der Waals surface area contributed by atoms with E-state index in [1.807, 2.05) is 6.92 Å². The second-order valence-electron chi connectivity index (χ2n) is 3.95. The molecule has 0 radical (unpaired) electrons. The molecule has 1 atom stereocenters. The van der Waals surface area contributed by atoms with Gasteiger partial charge in [0.1, 0.15) is 12.4 Å². The van der Waals surface area contributed by atoms with Gasteiger partial charge in [0.25, 0.3) is 0 Å². The zero-order valence-electron chi connectivity index (χ0n) is 8.66. The number of aromatic nitrogens is 1. The molecule has 14 heavy (non-hydrogen) atoms. The minimum atomic E-state index is -0.108. The van der Waals surface area contributed by atoms with Crippen LogP contribution in [0.4, 0.5) is 0 Å². The molecule has 4 nitrogen and oxygen atoms in total. The van der Waals surface area contributed by atoms with Gasteiger partial charge in [0.2, 0.25) is 5.89 Å². The van der Waals surface area contributed by atoms with Gasteiger partial charge in [-0.1, -0.05) is 0 Å². The van der Waals surface area contributed by atoms with Gasteiger partial charge in [0.15, 0.2) is 0 Å². The maximum Gasteiger partial charge on any atom is 0.220 e. The molecule has 0 aromatic carbocycles. The van der Waals surface area contributed by atoms with E-state index in [1.165, 1.54) is 0 Å². The van der Waals surface area contributed by atoms with Crippen LogP contribution in [0.2, 0.25) is 0 Å². The Kier molecular flexibility index (Phi) is 2.56. The van der Waals surface area contributed by atoms with E-state index in [0.29, 0.717) is 11.8 Å². The number of likely N-dealkylation sites (N-methyl/N-ethyl adjacent to an activating group) is 1. The number of hydrogen-bond acceptors (Lipinski definition) is 4. The molecule has 0 amide bonds. The van der Waals surface area contributed by atoms with Crippen LogP contribution in [0.5, 0.6) is 0 Å².